The number of rotatable bonds is 14. The number of nitrogens with zero attached hydrogens (tertiary/aromatic N) is 4. The lowest BCUT2D eigenvalue weighted by molar-refractivity contribution is -0.384. The van der Waals surface area contributed by atoms with Crippen molar-refractivity contribution in [1.29, 1.82) is 0 Å². The monoisotopic (exact) mass is 622 g/mol. The zero-order valence-corrected chi connectivity index (χ0v) is 26.8. The third-order valence-electron chi connectivity index (χ3n) is 7.97. The minimum Gasteiger partial charge on any atom is -0.496 e. The Kier molecular flexibility index (Phi) is 11.2. The third kappa shape index (κ3) is 8.66. The summed E-state index contributed by atoms with van der Waals surface area (Å²) in [5, 5.41) is 19.4. The van der Waals surface area contributed by atoms with E-state index in [0.717, 1.165) is 47.5 Å². The van der Waals surface area contributed by atoms with E-state index < -0.39 is 4.92 Å². The molecule has 228 valence electrons. The molecule has 0 aliphatic carbocycles. The molecule has 5 rings (SSSR count). The highest BCUT2D eigenvalue weighted by molar-refractivity contribution is 7.96. The van der Waals surface area contributed by atoms with Crippen molar-refractivity contribution < 1.29 is 14.4 Å². The van der Waals surface area contributed by atoms with Gasteiger partial charge in [-0.05, 0) is 103 Å². The summed E-state index contributed by atoms with van der Waals surface area (Å²) in [6, 6.07) is 18.6. The number of nitro groups is 1. The molecule has 0 saturated carbocycles. The quantitative estimate of drug-likeness (QED) is 0.0794. The summed E-state index contributed by atoms with van der Waals surface area (Å²) in [7, 11) is 2.70. The fourth-order valence-corrected chi connectivity index (χ4v) is 10.3. The smallest absolute Gasteiger partial charge is 0.269 e. The van der Waals surface area contributed by atoms with Crippen molar-refractivity contribution in [3.8, 4) is 11.5 Å². The SMILES string of the molecule is CCN(CCOc1cc(C[S+]2CCCC2)c(OC)cc1C[S+]1CCCC1)c1ccc(N=Nc2ccc([N+](=O)[O-])cc2)cc1. The van der Waals surface area contributed by atoms with E-state index in [2.05, 4.69) is 34.2 Å². The number of anilines is 1. The highest BCUT2D eigenvalue weighted by Gasteiger charge is 2.29. The Morgan fingerprint density at radius 2 is 1.33 bits per heavy atom. The van der Waals surface area contributed by atoms with Gasteiger partial charge in [-0.1, -0.05) is 0 Å². The molecule has 3 aromatic carbocycles. The molecule has 10 heteroatoms. The second-order valence-electron chi connectivity index (χ2n) is 10.9. The van der Waals surface area contributed by atoms with Crippen molar-refractivity contribution in [2.24, 2.45) is 10.2 Å². The molecule has 2 heterocycles. The fraction of sp³-hybridized carbons (Fsp3) is 0.455. The Balaban J connectivity index is 1.23. The molecular weight excluding hydrogens is 581 g/mol. The standard InChI is InChI=1S/C33H42N4O4S2/c1-3-36(30-12-8-28(9-13-30)34-35-29-10-14-31(15-11-29)37(38)39)16-17-41-33-23-26(24-42-18-4-5-19-42)32(40-2)22-27(33)25-43-20-6-7-21-43/h8-15,22-23H,3-7,16-21,24-25H2,1-2H3/q+2. The lowest BCUT2D eigenvalue weighted by Crippen LogP contribution is -2.28. The predicted octanol–water partition coefficient (Wildman–Crippen LogP) is 7.75. The van der Waals surface area contributed by atoms with Gasteiger partial charge in [-0.15, -0.1) is 0 Å². The number of methoxy groups -OCH3 is 1. The van der Waals surface area contributed by atoms with Crippen LogP contribution < -0.4 is 14.4 Å². The Morgan fingerprint density at radius 3 is 1.84 bits per heavy atom. The zero-order chi connectivity index (χ0) is 30.0. The van der Waals surface area contributed by atoms with Crippen LogP contribution in [0.5, 0.6) is 11.5 Å². The van der Waals surface area contributed by atoms with Crippen LogP contribution in [0, 0.1) is 10.1 Å². The molecule has 3 aromatic rings. The highest BCUT2D eigenvalue weighted by Crippen LogP contribution is 2.35. The number of benzene rings is 3. The van der Waals surface area contributed by atoms with Crippen molar-refractivity contribution in [3.05, 3.63) is 81.9 Å². The van der Waals surface area contributed by atoms with Crippen molar-refractivity contribution >= 4 is 44.5 Å². The minimum atomic E-state index is -0.425. The molecule has 8 nitrogen and oxygen atoms in total. The van der Waals surface area contributed by atoms with Gasteiger partial charge in [0.25, 0.3) is 5.69 Å². The van der Waals surface area contributed by atoms with E-state index in [9.17, 15) is 10.1 Å². The molecule has 0 spiro atoms. The number of nitro benzene ring substituents is 1. The first-order valence-corrected chi connectivity index (χ1v) is 18.6. The number of non-ortho nitro benzene ring substituents is 1. The van der Waals surface area contributed by atoms with E-state index in [0.29, 0.717) is 34.1 Å². The van der Waals surface area contributed by atoms with Crippen LogP contribution in [0.2, 0.25) is 0 Å². The van der Waals surface area contributed by atoms with Crippen LogP contribution in [-0.4, -0.2) is 54.7 Å². The maximum absolute atomic E-state index is 10.8. The Bertz CT molecular complexity index is 1370. The van der Waals surface area contributed by atoms with E-state index in [4.69, 9.17) is 9.47 Å². The average molecular weight is 623 g/mol. The van der Waals surface area contributed by atoms with E-state index in [1.807, 2.05) is 24.3 Å². The molecule has 2 aliphatic rings. The maximum atomic E-state index is 10.8. The molecule has 0 bridgehead atoms. The van der Waals surface area contributed by atoms with Crippen molar-refractivity contribution in [1.82, 2.24) is 0 Å². The molecule has 2 aliphatic heterocycles. The molecule has 0 radical (unpaired) electrons. The van der Waals surface area contributed by atoms with Gasteiger partial charge in [-0.2, -0.15) is 10.2 Å². The highest BCUT2D eigenvalue weighted by atomic mass is 32.2. The summed E-state index contributed by atoms with van der Waals surface area (Å²) in [6.45, 7) is 4.40. The van der Waals surface area contributed by atoms with Crippen molar-refractivity contribution in [2.75, 3.05) is 54.7 Å². The van der Waals surface area contributed by atoms with E-state index in [1.165, 1.54) is 72.0 Å². The Labute approximate surface area is 260 Å². The van der Waals surface area contributed by atoms with Gasteiger partial charge < -0.3 is 14.4 Å². The molecule has 0 N–H and O–H groups in total. The van der Waals surface area contributed by atoms with E-state index in [1.54, 1.807) is 19.2 Å². The first kappa shape index (κ1) is 31.2. The van der Waals surface area contributed by atoms with Crippen LogP contribution >= 0.6 is 0 Å². The first-order valence-electron chi connectivity index (χ1n) is 15.1. The summed E-state index contributed by atoms with van der Waals surface area (Å²) >= 11 is 0. The average Bonchev–Trinajstić information content (AvgIpc) is 3.75. The second-order valence-corrected chi connectivity index (χ2v) is 15.6. The summed E-state index contributed by atoms with van der Waals surface area (Å²) in [5.74, 6) is 9.60. The third-order valence-corrected chi connectivity index (χ3v) is 12.9. The lowest BCUT2D eigenvalue weighted by atomic mass is 10.1. The molecule has 0 unspecified atom stereocenters. The summed E-state index contributed by atoms with van der Waals surface area (Å²) in [5.41, 5.74) is 5.03. The van der Waals surface area contributed by atoms with Crippen LogP contribution in [0.4, 0.5) is 22.7 Å². The number of likely N-dealkylation sites (N-methyl/N-ethyl adjacent to an activating group) is 1. The molecule has 0 aromatic heterocycles. The van der Waals surface area contributed by atoms with Crippen LogP contribution in [0.1, 0.15) is 43.7 Å². The fourth-order valence-electron chi connectivity index (χ4n) is 5.57. The normalized spacial score (nSPS) is 15.8. The number of hydrogen-bond acceptors (Lipinski definition) is 7. The lowest BCUT2D eigenvalue weighted by Gasteiger charge is -2.24. The summed E-state index contributed by atoms with van der Waals surface area (Å²) < 4.78 is 12.5. The predicted molar refractivity (Wildman–Crippen MR) is 180 cm³/mol. The van der Waals surface area contributed by atoms with E-state index >= 15 is 0 Å². The van der Waals surface area contributed by atoms with Crippen LogP contribution in [-0.2, 0) is 33.3 Å². The van der Waals surface area contributed by atoms with Crippen LogP contribution in [0.15, 0.2) is 70.9 Å². The zero-order valence-electron chi connectivity index (χ0n) is 25.2. The van der Waals surface area contributed by atoms with Gasteiger partial charge in [0.2, 0.25) is 0 Å². The van der Waals surface area contributed by atoms with Crippen LogP contribution in [0.3, 0.4) is 0 Å². The largest absolute Gasteiger partial charge is 0.496 e. The number of ether oxygens (including phenoxy) is 2. The number of hydrogen-bond donors (Lipinski definition) is 0. The molecule has 43 heavy (non-hydrogen) atoms. The molecular formula is C33H42N4O4S2+2. The van der Waals surface area contributed by atoms with Gasteiger partial charge in [-0.3, -0.25) is 10.1 Å². The van der Waals surface area contributed by atoms with Crippen molar-refractivity contribution in [3.63, 3.8) is 0 Å². The molecule has 0 amide bonds. The molecule has 0 atom stereocenters. The van der Waals surface area contributed by atoms with Crippen molar-refractivity contribution in [2.45, 2.75) is 44.1 Å². The van der Waals surface area contributed by atoms with Gasteiger partial charge in [0, 0.05) is 35.5 Å². The first-order chi connectivity index (χ1) is 21.0. The van der Waals surface area contributed by atoms with Gasteiger partial charge in [0.15, 0.2) is 0 Å². The molecule has 2 saturated heterocycles. The van der Waals surface area contributed by atoms with Crippen LogP contribution in [0.25, 0.3) is 0 Å². The van der Waals surface area contributed by atoms with Gasteiger partial charge in [0.05, 0.1) is 30.0 Å². The Morgan fingerprint density at radius 1 is 0.814 bits per heavy atom. The van der Waals surface area contributed by atoms with E-state index in [-0.39, 0.29) is 5.69 Å². The van der Waals surface area contributed by atoms with Gasteiger partial charge in [-0.25, -0.2) is 0 Å². The number of azo groups is 1. The second kappa shape index (κ2) is 15.5. The maximum Gasteiger partial charge on any atom is 0.269 e. The van der Waals surface area contributed by atoms with Gasteiger partial charge >= 0.3 is 0 Å². The Hall–Kier alpha value is -3.24. The topological polar surface area (TPSA) is 89.6 Å². The van der Waals surface area contributed by atoms with Gasteiger partial charge in [0.1, 0.15) is 52.6 Å². The summed E-state index contributed by atoms with van der Waals surface area (Å²) in [6.07, 6.45) is 5.40. The summed E-state index contributed by atoms with van der Waals surface area (Å²) in [4.78, 5) is 12.7. The molecule has 2 fully saturated rings. The minimum absolute atomic E-state index is 0.0363.